The molecule has 1 amide bonds. The number of aromatic amines is 1. The first-order valence-electron chi connectivity index (χ1n) is 7.66. The number of aryl methyl sites for hydroxylation is 2. The van der Waals surface area contributed by atoms with Crippen molar-refractivity contribution < 1.29 is 9.18 Å². The van der Waals surface area contributed by atoms with Crippen molar-refractivity contribution in [2.75, 3.05) is 6.54 Å². The summed E-state index contributed by atoms with van der Waals surface area (Å²) in [6.07, 6.45) is 4.27. The molecule has 5 nitrogen and oxygen atoms in total. The number of benzene rings is 1. The standard InChI is InChI=1S/C17H19FN4O/c1-3-13-14-10-12(18)4-5-15(14)21-16(13)17(23)20-7-9-22-8-6-19-11(22)2/h4-6,8,10,21H,3,7,9H2,1-2H3,(H,20,23). The minimum absolute atomic E-state index is 0.170. The molecule has 2 heterocycles. The van der Waals surface area contributed by atoms with Crippen molar-refractivity contribution in [1.82, 2.24) is 19.9 Å². The number of imidazole rings is 1. The van der Waals surface area contributed by atoms with Gasteiger partial charge in [0.05, 0.1) is 0 Å². The van der Waals surface area contributed by atoms with E-state index in [1.54, 1.807) is 12.3 Å². The quantitative estimate of drug-likeness (QED) is 0.760. The fourth-order valence-electron chi connectivity index (χ4n) is 2.80. The number of aromatic nitrogens is 3. The molecule has 23 heavy (non-hydrogen) atoms. The van der Waals surface area contributed by atoms with E-state index in [1.807, 2.05) is 24.6 Å². The highest BCUT2D eigenvalue weighted by molar-refractivity contribution is 6.01. The van der Waals surface area contributed by atoms with Gasteiger partial charge in [0.25, 0.3) is 5.91 Å². The molecule has 0 unspecified atom stereocenters. The lowest BCUT2D eigenvalue weighted by atomic mass is 10.1. The number of hydrogen-bond donors (Lipinski definition) is 2. The van der Waals surface area contributed by atoms with E-state index >= 15 is 0 Å². The molecule has 0 saturated heterocycles. The van der Waals surface area contributed by atoms with Crippen molar-refractivity contribution in [2.24, 2.45) is 0 Å². The second-order valence-electron chi connectivity index (χ2n) is 5.45. The van der Waals surface area contributed by atoms with Gasteiger partial charge < -0.3 is 14.9 Å². The zero-order valence-electron chi connectivity index (χ0n) is 13.2. The molecule has 3 rings (SSSR count). The lowest BCUT2D eigenvalue weighted by molar-refractivity contribution is 0.0947. The lowest BCUT2D eigenvalue weighted by Gasteiger charge is -2.07. The third-order valence-corrected chi connectivity index (χ3v) is 4.01. The van der Waals surface area contributed by atoms with Gasteiger partial charge in [0.1, 0.15) is 17.3 Å². The zero-order valence-corrected chi connectivity index (χ0v) is 13.2. The molecule has 0 spiro atoms. The molecule has 0 bridgehead atoms. The smallest absolute Gasteiger partial charge is 0.268 e. The van der Waals surface area contributed by atoms with Crippen LogP contribution in [0.2, 0.25) is 0 Å². The summed E-state index contributed by atoms with van der Waals surface area (Å²) in [4.78, 5) is 19.7. The van der Waals surface area contributed by atoms with Crippen LogP contribution in [-0.4, -0.2) is 27.0 Å². The summed E-state index contributed by atoms with van der Waals surface area (Å²) in [5, 5.41) is 3.67. The van der Waals surface area contributed by atoms with Gasteiger partial charge in [-0.3, -0.25) is 4.79 Å². The molecule has 0 fully saturated rings. The summed E-state index contributed by atoms with van der Waals surface area (Å²) in [5.41, 5.74) is 2.13. The van der Waals surface area contributed by atoms with Gasteiger partial charge in [0.2, 0.25) is 0 Å². The Balaban J connectivity index is 1.76. The first kappa shape index (κ1) is 15.3. The largest absolute Gasteiger partial charge is 0.350 e. The van der Waals surface area contributed by atoms with Crippen LogP contribution in [0.1, 0.15) is 28.8 Å². The van der Waals surface area contributed by atoms with Crippen LogP contribution in [0.15, 0.2) is 30.6 Å². The normalized spacial score (nSPS) is 11.1. The molecule has 0 atom stereocenters. The van der Waals surface area contributed by atoms with Gasteiger partial charge in [0.15, 0.2) is 0 Å². The summed E-state index contributed by atoms with van der Waals surface area (Å²) < 4.78 is 15.4. The predicted molar refractivity (Wildman–Crippen MR) is 86.9 cm³/mol. The zero-order chi connectivity index (χ0) is 16.4. The van der Waals surface area contributed by atoms with Gasteiger partial charge in [-0.25, -0.2) is 9.37 Å². The highest BCUT2D eigenvalue weighted by atomic mass is 19.1. The minimum Gasteiger partial charge on any atom is -0.350 e. The Morgan fingerprint density at radius 1 is 1.43 bits per heavy atom. The minimum atomic E-state index is -0.297. The number of rotatable bonds is 5. The Morgan fingerprint density at radius 2 is 2.26 bits per heavy atom. The first-order chi connectivity index (χ1) is 11.1. The van der Waals surface area contributed by atoms with Gasteiger partial charge >= 0.3 is 0 Å². The molecule has 0 saturated carbocycles. The Bertz CT molecular complexity index is 850. The van der Waals surface area contributed by atoms with Gasteiger partial charge in [-0.15, -0.1) is 0 Å². The number of fused-ring (bicyclic) bond motifs is 1. The van der Waals surface area contributed by atoms with Crippen LogP contribution >= 0.6 is 0 Å². The van der Waals surface area contributed by atoms with Crippen molar-refractivity contribution in [3.63, 3.8) is 0 Å². The van der Waals surface area contributed by atoms with Crippen molar-refractivity contribution in [1.29, 1.82) is 0 Å². The molecular weight excluding hydrogens is 295 g/mol. The maximum Gasteiger partial charge on any atom is 0.268 e. The molecule has 0 radical (unpaired) electrons. The molecule has 0 aliphatic heterocycles. The van der Waals surface area contributed by atoms with Crippen LogP contribution in [0.4, 0.5) is 4.39 Å². The third-order valence-electron chi connectivity index (χ3n) is 4.01. The van der Waals surface area contributed by atoms with Crippen LogP contribution in [0.25, 0.3) is 10.9 Å². The Morgan fingerprint density at radius 3 is 2.96 bits per heavy atom. The summed E-state index contributed by atoms with van der Waals surface area (Å²) in [6, 6.07) is 4.52. The van der Waals surface area contributed by atoms with Crippen LogP contribution in [0.3, 0.4) is 0 Å². The average molecular weight is 314 g/mol. The molecule has 2 N–H and O–H groups in total. The summed E-state index contributed by atoms with van der Waals surface area (Å²) in [5.74, 6) is 0.444. The van der Waals surface area contributed by atoms with E-state index in [2.05, 4.69) is 15.3 Å². The summed E-state index contributed by atoms with van der Waals surface area (Å²) in [6.45, 7) is 5.04. The SMILES string of the molecule is CCc1c(C(=O)NCCn2ccnc2C)[nH]c2ccc(F)cc12. The number of H-pyrrole nitrogens is 1. The number of hydrogen-bond acceptors (Lipinski definition) is 2. The van der Waals surface area contributed by atoms with Crippen molar-refractivity contribution >= 4 is 16.8 Å². The van der Waals surface area contributed by atoms with E-state index in [9.17, 15) is 9.18 Å². The number of nitrogens with one attached hydrogen (secondary N) is 2. The van der Waals surface area contributed by atoms with Crippen LogP contribution in [0, 0.1) is 12.7 Å². The highest BCUT2D eigenvalue weighted by Gasteiger charge is 2.16. The summed E-state index contributed by atoms with van der Waals surface area (Å²) >= 11 is 0. The van der Waals surface area contributed by atoms with E-state index in [1.165, 1.54) is 12.1 Å². The summed E-state index contributed by atoms with van der Waals surface area (Å²) in [7, 11) is 0. The highest BCUT2D eigenvalue weighted by Crippen LogP contribution is 2.24. The number of carbonyl (C=O) groups excluding carboxylic acids is 1. The Kier molecular flexibility index (Phi) is 4.14. The molecular formula is C17H19FN4O. The van der Waals surface area contributed by atoms with E-state index in [-0.39, 0.29) is 11.7 Å². The monoisotopic (exact) mass is 314 g/mol. The fourth-order valence-corrected chi connectivity index (χ4v) is 2.80. The molecule has 3 aromatic rings. The number of nitrogens with zero attached hydrogens (tertiary/aromatic N) is 2. The predicted octanol–water partition coefficient (Wildman–Crippen LogP) is 2.80. The van der Waals surface area contributed by atoms with Gasteiger partial charge in [-0.05, 0) is 37.1 Å². The second kappa shape index (κ2) is 6.24. The molecule has 1 aromatic carbocycles. The topological polar surface area (TPSA) is 62.7 Å². The van der Waals surface area contributed by atoms with Crippen LogP contribution in [-0.2, 0) is 13.0 Å². The number of amides is 1. The van der Waals surface area contributed by atoms with Gasteiger partial charge in [-0.1, -0.05) is 6.92 Å². The lowest BCUT2D eigenvalue weighted by Crippen LogP contribution is -2.28. The van der Waals surface area contributed by atoms with Gasteiger partial charge in [0, 0.05) is 36.4 Å². The number of halogens is 1. The average Bonchev–Trinajstić information content (AvgIpc) is 3.10. The molecule has 2 aromatic heterocycles. The Labute approximate surface area is 133 Å². The van der Waals surface area contributed by atoms with Crippen molar-refractivity contribution in [2.45, 2.75) is 26.8 Å². The van der Waals surface area contributed by atoms with E-state index in [0.29, 0.717) is 25.2 Å². The Hall–Kier alpha value is -2.63. The molecule has 6 heteroatoms. The molecule has 0 aliphatic carbocycles. The second-order valence-corrected chi connectivity index (χ2v) is 5.45. The van der Waals surface area contributed by atoms with Gasteiger partial charge in [-0.2, -0.15) is 0 Å². The maximum atomic E-state index is 13.4. The van der Waals surface area contributed by atoms with Crippen molar-refractivity contribution in [3.05, 3.63) is 53.5 Å². The first-order valence-corrected chi connectivity index (χ1v) is 7.66. The third kappa shape index (κ3) is 2.97. The van der Waals surface area contributed by atoms with E-state index in [4.69, 9.17) is 0 Å². The van der Waals surface area contributed by atoms with Crippen molar-refractivity contribution in [3.8, 4) is 0 Å². The molecule has 0 aliphatic rings. The molecule has 120 valence electrons. The number of carbonyl (C=O) groups is 1. The van der Waals surface area contributed by atoms with Crippen LogP contribution in [0.5, 0.6) is 0 Å². The van der Waals surface area contributed by atoms with E-state index in [0.717, 1.165) is 22.3 Å². The fraction of sp³-hybridized carbons (Fsp3) is 0.294. The van der Waals surface area contributed by atoms with E-state index < -0.39 is 0 Å². The maximum absolute atomic E-state index is 13.4. The van der Waals surface area contributed by atoms with Crippen LogP contribution < -0.4 is 5.32 Å².